The molecule has 3 heteroatoms. The predicted octanol–water partition coefficient (Wildman–Crippen LogP) is 2.36. The van der Waals surface area contributed by atoms with Crippen LogP contribution in [0.25, 0.3) is 0 Å². The average Bonchev–Trinajstić information content (AvgIpc) is 1.81. The van der Waals surface area contributed by atoms with E-state index in [0.717, 1.165) is 0 Å². The first-order valence-electron chi connectivity index (χ1n) is 3.16. The van der Waals surface area contributed by atoms with Crippen molar-refractivity contribution in [1.82, 2.24) is 0 Å². The van der Waals surface area contributed by atoms with Gasteiger partial charge >= 0.3 is 0 Å². The third-order valence-corrected chi connectivity index (χ3v) is 3.47. The lowest BCUT2D eigenvalue weighted by molar-refractivity contribution is 0.824. The molecule has 0 saturated heterocycles. The van der Waals surface area contributed by atoms with Crippen molar-refractivity contribution in [3.05, 3.63) is 0 Å². The van der Waals surface area contributed by atoms with Gasteiger partial charge in [0.1, 0.15) is 0 Å². The van der Waals surface area contributed by atoms with E-state index in [0.29, 0.717) is 0 Å². The highest BCUT2D eigenvalue weighted by atomic mass is 33.1. The van der Waals surface area contributed by atoms with Gasteiger partial charge < -0.3 is 5.48 Å². The molecule has 0 aromatic heterocycles. The highest BCUT2D eigenvalue weighted by molar-refractivity contribution is 8.76. The first-order valence-corrected chi connectivity index (χ1v) is 5.65. The van der Waals surface area contributed by atoms with Gasteiger partial charge in [-0.15, -0.1) is 0 Å². The Balaban J connectivity index is 0. The van der Waals surface area contributed by atoms with Crippen LogP contribution in [0.1, 0.15) is 26.7 Å². The van der Waals surface area contributed by atoms with Gasteiger partial charge in [0.15, 0.2) is 0 Å². The van der Waals surface area contributed by atoms with E-state index >= 15 is 0 Å². The second-order valence-electron chi connectivity index (χ2n) is 1.64. The molecule has 0 unspecified atom stereocenters. The number of hydrogen-bond acceptors (Lipinski definition) is 2. The molecule has 0 aromatic carbocycles. The molecule has 0 aliphatic rings. The summed E-state index contributed by atoms with van der Waals surface area (Å²) in [6, 6.07) is 0. The summed E-state index contributed by atoms with van der Waals surface area (Å²) in [6.07, 6.45) is 2.61. The molecular formula is C6H16OS2. The van der Waals surface area contributed by atoms with Crippen LogP contribution in [0, 0.1) is 0 Å². The standard InChI is InChI=1S/C6H14S2.H2O/c1-3-5-7-8-6-4-2;/h3-6H2,1-2H3;1H2. The van der Waals surface area contributed by atoms with Crippen LogP contribution in [-0.2, 0) is 0 Å². The molecule has 0 bridgehead atoms. The molecule has 0 radical (unpaired) electrons. The fraction of sp³-hybridized carbons (Fsp3) is 1.00. The van der Waals surface area contributed by atoms with E-state index in [1.54, 1.807) is 0 Å². The Morgan fingerprint density at radius 3 is 1.44 bits per heavy atom. The van der Waals surface area contributed by atoms with Crippen molar-refractivity contribution < 1.29 is 5.48 Å². The molecule has 0 aromatic rings. The molecule has 0 spiro atoms. The Bertz CT molecular complexity index is 36.0. The summed E-state index contributed by atoms with van der Waals surface area (Å²) in [5, 5.41) is 0. The van der Waals surface area contributed by atoms with Crippen molar-refractivity contribution in [3.63, 3.8) is 0 Å². The molecule has 0 heterocycles. The largest absolute Gasteiger partial charge is 0.412 e. The average molecular weight is 168 g/mol. The van der Waals surface area contributed by atoms with Crippen LogP contribution in [-0.4, -0.2) is 17.0 Å². The maximum atomic E-state index is 2.22. The van der Waals surface area contributed by atoms with E-state index < -0.39 is 0 Å². The topological polar surface area (TPSA) is 31.5 Å². The van der Waals surface area contributed by atoms with Crippen molar-refractivity contribution in [2.45, 2.75) is 26.7 Å². The van der Waals surface area contributed by atoms with Crippen molar-refractivity contribution in [1.29, 1.82) is 0 Å². The monoisotopic (exact) mass is 168 g/mol. The summed E-state index contributed by atoms with van der Waals surface area (Å²) in [4.78, 5) is 0. The summed E-state index contributed by atoms with van der Waals surface area (Å²) in [6.45, 7) is 4.44. The lowest BCUT2D eigenvalue weighted by Gasteiger charge is -1.93. The Morgan fingerprint density at radius 1 is 0.889 bits per heavy atom. The van der Waals surface area contributed by atoms with Crippen LogP contribution in [0.2, 0.25) is 0 Å². The third kappa shape index (κ3) is 12.0. The molecule has 0 aliphatic heterocycles. The van der Waals surface area contributed by atoms with Crippen LogP contribution < -0.4 is 0 Å². The van der Waals surface area contributed by atoms with Gasteiger partial charge in [-0.05, 0) is 12.8 Å². The van der Waals surface area contributed by atoms with Gasteiger partial charge in [-0.25, -0.2) is 0 Å². The molecule has 9 heavy (non-hydrogen) atoms. The maximum Gasteiger partial charge on any atom is 0.00343 e. The van der Waals surface area contributed by atoms with Gasteiger partial charge in [0, 0.05) is 11.5 Å². The zero-order chi connectivity index (χ0) is 6.24. The second kappa shape index (κ2) is 11.5. The molecule has 1 nitrogen and oxygen atoms in total. The maximum absolute atomic E-state index is 2.22. The van der Waals surface area contributed by atoms with Crippen molar-refractivity contribution >= 4 is 21.6 Å². The van der Waals surface area contributed by atoms with Gasteiger partial charge in [-0.2, -0.15) is 0 Å². The first-order chi connectivity index (χ1) is 3.91. The Hall–Kier alpha value is 0.660. The molecule has 0 amide bonds. The summed E-state index contributed by atoms with van der Waals surface area (Å²) in [5.41, 5.74) is 0. The van der Waals surface area contributed by atoms with Crippen LogP contribution in [0.3, 0.4) is 0 Å². The van der Waals surface area contributed by atoms with Gasteiger partial charge in [-0.1, -0.05) is 35.4 Å². The minimum atomic E-state index is 0. The molecule has 0 rings (SSSR count). The van der Waals surface area contributed by atoms with E-state index in [1.807, 2.05) is 21.6 Å². The summed E-state index contributed by atoms with van der Waals surface area (Å²) in [7, 11) is 3.99. The fourth-order valence-electron chi connectivity index (χ4n) is 0.285. The van der Waals surface area contributed by atoms with Crippen molar-refractivity contribution in [2.24, 2.45) is 0 Å². The van der Waals surface area contributed by atoms with E-state index in [-0.39, 0.29) is 5.48 Å². The van der Waals surface area contributed by atoms with E-state index in [2.05, 4.69) is 13.8 Å². The highest BCUT2D eigenvalue weighted by Crippen LogP contribution is 2.21. The molecule has 0 aliphatic carbocycles. The Morgan fingerprint density at radius 2 is 1.22 bits per heavy atom. The molecule has 0 saturated carbocycles. The van der Waals surface area contributed by atoms with Crippen LogP contribution in [0.5, 0.6) is 0 Å². The second-order valence-corrected chi connectivity index (χ2v) is 4.35. The SMILES string of the molecule is CCCSSCCC.O. The third-order valence-electron chi connectivity index (χ3n) is 0.658. The van der Waals surface area contributed by atoms with Crippen LogP contribution in [0.4, 0.5) is 0 Å². The fourth-order valence-corrected chi connectivity index (χ4v) is 2.56. The first kappa shape index (κ1) is 12.3. The van der Waals surface area contributed by atoms with Crippen molar-refractivity contribution in [2.75, 3.05) is 11.5 Å². The number of rotatable bonds is 5. The van der Waals surface area contributed by atoms with Crippen LogP contribution >= 0.6 is 21.6 Å². The lowest BCUT2D eigenvalue weighted by Crippen LogP contribution is -1.70. The molecule has 0 fully saturated rings. The predicted molar refractivity (Wildman–Crippen MR) is 49.1 cm³/mol. The van der Waals surface area contributed by atoms with Gasteiger partial charge in [-0.3, -0.25) is 0 Å². The normalized spacial score (nSPS) is 8.67. The van der Waals surface area contributed by atoms with E-state index in [9.17, 15) is 0 Å². The lowest BCUT2D eigenvalue weighted by atomic mass is 10.6. The smallest absolute Gasteiger partial charge is 0.00343 e. The minimum Gasteiger partial charge on any atom is -0.412 e. The van der Waals surface area contributed by atoms with E-state index in [1.165, 1.54) is 24.3 Å². The van der Waals surface area contributed by atoms with Gasteiger partial charge in [0.05, 0.1) is 0 Å². The molecule has 58 valence electrons. The Labute approximate surface area is 65.7 Å². The number of hydrogen-bond donors (Lipinski definition) is 0. The van der Waals surface area contributed by atoms with Gasteiger partial charge in [0.2, 0.25) is 0 Å². The molecule has 2 N–H and O–H groups in total. The minimum absolute atomic E-state index is 0. The summed E-state index contributed by atoms with van der Waals surface area (Å²) >= 11 is 0. The Kier molecular flexibility index (Phi) is 15.7. The molecule has 0 atom stereocenters. The van der Waals surface area contributed by atoms with Crippen molar-refractivity contribution in [3.8, 4) is 0 Å². The van der Waals surface area contributed by atoms with E-state index in [4.69, 9.17) is 0 Å². The summed E-state index contributed by atoms with van der Waals surface area (Å²) < 4.78 is 0. The zero-order valence-electron chi connectivity index (χ0n) is 6.14. The zero-order valence-corrected chi connectivity index (χ0v) is 7.78. The quantitative estimate of drug-likeness (QED) is 0.466. The van der Waals surface area contributed by atoms with Gasteiger partial charge in [0.25, 0.3) is 0 Å². The van der Waals surface area contributed by atoms with Crippen LogP contribution in [0.15, 0.2) is 0 Å². The highest BCUT2D eigenvalue weighted by Gasteiger charge is 1.83. The molecular weight excluding hydrogens is 152 g/mol. The summed E-state index contributed by atoms with van der Waals surface area (Å²) in [5.74, 6) is 2.62.